The number of primary amides is 1. The standard InChI is InChI=1S/C50H47N5O9/c1-61-39-27-33-20-22-54(29-35(33)28-40(39)62-2)46(57)41-43-47(58)64-44(32-14-7-4-8-15-32)42(31-12-5-3-6-13-31)55(43)45(34-16-9-17-36(26-34)63-24-23-56)50(41)37-25-30(11-10-21-52-49(51)60)18-19-38(37)53-48(50)59/h3-9,12-19,25-28,41-45,56H,20-24,29H2,1-2H3,(H,53,59)(H3,51,52,60)/t41-,42-,43-,44+,45+,50-/m0/s1. The third-order valence-corrected chi connectivity index (χ3v) is 12.7. The van der Waals surface area contributed by atoms with Gasteiger partial charge in [0, 0.05) is 24.3 Å². The highest BCUT2D eigenvalue weighted by Gasteiger charge is 2.74. The lowest BCUT2D eigenvalue weighted by Crippen LogP contribution is -2.56. The number of methoxy groups -OCH3 is 2. The average Bonchev–Trinajstić information content (AvgIpc) is 3.80. The van der Waals surface area contributed by atoms with Crippen molar-refractivity contribution in [3.05, 3.63) is 154 Å². The van der Waals surface area contributed by atoms with Gasteiger partial charge in [0.25, 0.3) is 0 Å². The first-order valence-corrected chi connectivity index (χ1v) is 21.1. The SMILES string of the molecule is COc1cc2c(cc1OC)CN(C(=O)[C@@H]1[C@H]3C(=O)O[C@H](c4ccccc4)[C@H](c4ccccc4)N3[C@H](c3cccc(OCCO)c3)[C@@]13C(=O)Nc1ccc(C#CCNC(N)=O)cc13)CC2. The molecule has 0 bridgehead atoms. The van der Waals surface area contributed by atoms with Crippen molar-refractivity contribution < 1.29 is 43.2 Å². The molecular formula is C50H47N5O9. The van der Waals surface area contributed by atoms with Crippen molar-refractivity contribution in [3.63, 3.8) is 0 Å². The number of benzene rings is 5. The van der Waals surface area contributed by atoms with Crippen LogP contribution in [0.15, 0.2) is 115 Å². The van der Waals surface area contributed by atoms with E-state index < -0.39 is 59.4 Å². The number of hydrogen-bond acceptors (Lipinski definition) is 10. The molecule has 0 radical (unpaired) electrons. The Morgan fingerprint density at radius 3 is 2.28 bits per heavy atom. The summed E-state index contributed by atoms with van der Waals surface area (Å²) in [7, 11) is 3.13. The Labute approximate surface area is 370 Å². The zero-order valence-corrected chi connectivity index (χ0v) is 35.3. The molecule has 9 rings (SSSR count). The van der Waals surface area contributed by atoms with Crippen LogP contribution in [0, 0.1) is 17.8 Å². The number of rotatable bonds is 10. The number of aliphatic hydroxyl groups is 1. The van der Waals surface area contributed by atoms with E-state index in [1.54, 1.807) is 49.5 Å². The predicted octanol–water partition coefficient (Wildman–Crippen LogP) is 4.95. The summed E-state index contributed by atoms with van der Waals surface area (Å²) in [5, 5.41) is 15.4. The summed E-state index contributed by atoms with van der Waals surface area (Å²) >= 11 is 0. The molecule has 1 spiro atoms. The number of nitrogens with zero attached hydrogens (tertiary/aromatic N) is 2. The van der Waals surface area contributed by atoms with Crippen molar-refractivity contribution in [1.29, 1.82) is 0 Å². The molecule has 5 aromatic rings. The lowest BCUT2D eigenvalue weighted by Gasteiger charge is -2.46. The quantitative estimate of drug-likeness (QED) is 0.111. The first kappa shape index (κ1) is 42.0. The van der Waals surface area contributed by atoms with E-state index in [9.17, 15) is 9.90 Å². The number of aliphatic hydroxyl groups excluding tert-OH is 1. The van der Waals surface area contributed by atoms with Crippen LogP contribution in [-0.2, 0) is 37.5 Å². The van der Waals surface area contributed by atoms with Crippen LogP contribution in [0.1, 0.15) is 57.1 Å². The summed E-state index contributed by atoms with van der Waals surface area (Å²) in [6, 6.07) is 31.8. The van der Waals surface area contributed by atoms with Crippen LogP contribution in [0.4, 0.5) is 10.5 Å². The van der Waals surface area contributed by atoms with E-state index >= 15 is 14.4 Å². The van der Waals surface area contributed by atoms with Gasteiger partial charge < -0.3 is 45.3 Å². The number of fused-ring (bicyclic) bond motifs is 4. The van der Waals surface area contributed by atoms with E-state index in [0.717, 1.165) is 22.3 Å². The number of carbonyl (C=O) groups is 4. The number of morpholine rings is 1. The van der Waals surface area contributed by atoms with Crippen molar-refractivity contribution in [2.75, 3.05) is 45.8 Å². The van der Waals surface area contributed by atoms with Crippen LogP contribution < -0.4 is 30.6 Å². The van der Waals surface area contributed by atoms with Gasteiger partial charge in [-0.05, 0) is 82.3 Å². The average molecular weight is 862 g/mol. The Kier molecular flexibility index (Phi) is 11.4. The molecule has 0 saturated carbocycles. The second-order valence-corrected chi connectivity index (χ2v) is 16.1. The Balaban J connectivity index is 1.30. The van der Waals surface area contributed by atoms with E-state index in [1.165, 1.54) is 0 Å². The molecule has 5 aromatic carbocycles. The second kappa shape index (κ2) is 17.4. The molecule has 14 nitrogen and oxygen atoms in total. The maximum atomic E-state index is 16.1. The Morgan fingerprint density at radius 2 is 1.58 bits per heavy atom. The minimum absolute atomic E-state index is 0.0187. The Hall–Kier alpha value is -7.34. The largest absolute Gasteiger partial charge is 0.493 e. The zero-order valence-electron chi connectivity index (χ0n) is 35.3. The van der Waals surface area contributed by atoms with Gasteiger partial charge in [-0.3, -0.25) is 19.3 Å². The van der Waals surface area contributed by atoms with Gasteiger partial charge in [0.15, 0.2) is 11.5 Å². The molecule has 5 N–H and O–H groups in total. The molecule has 0 unspecified atom stereocenters. The number of cyclic esters (lactones) is 1. The topological polar surface area (TPSA) is 182 Å². The molecule has 4 amide bonds. The van der Waals surface area contributed by atoms with Crippen molar-refractivity contribution >= 4 is 29.5 Å². The van der Waals surface area contributed by atoms with E-state index in [4.69, 9.17) is 24.7 Å². The number of hydrogen-bond donors (Lipinski definition) is 4. The summed E-state index contributed by atoms with van der Waals surface area (Å²) in [6.07, 6.45) is -0.365. The molecule has 2 saturated heterocycles. The van der Waals surface area contributed by atoms with Crippen LogP contribution in [0.25, 0.3) is 0 Å². The number of esters is 1. The number of amides is 4. The van der Waals surface area contributed by atoms with Gasteiger partial charge in [-0.2, -0.15) is 0 Å². The third kappa shape index (κ3) is 7.22. The monoisotopic (exact) mass is 861 g/mol. The lowest BCUT2D eigenvalue weighted by molar-refractivity contribution is -0.179. The number of ether oxygens (including phenoxy) is 4. The molecule has 64 heavy (non-hydrogen) atoms. The summed E-state index contributed by atoms with van der Waals surface area (Å²) in [5.41, 5.74) is 8.97. The van der Waals surface area contributed by atoms with Crippen LogP contribution in [0.5, 0.6) is 17.2 Å². The fraction of sp³-hybridized carbons (Fsp3) is 0.280. The number of anilines is 1. The van der Waals surface area contributed by atoms with Gasteiger partial charge in [0.1, 0.15) is 29.9 Å². The highest BCUT2D eigenvalue weighted by molar-refractivity contribution is 6.12. The summed E-state index contributed by atoms with van der Waals surface area (Å²) in [6.45, 7) is 0.250. The maximum absolute atomic E-state index is 16.1. The van der Waals surface area contributed by atoms with Gasteiger partial charge in [-0.1, -0.05) is 84.6 Å². The highest BCUT2D eigenvalue weighted by Crippen LogP contribution is 2.65. The minimum Gasteiger partial charge on any atom is -0.493 e. The van der Waals surface area contributed by atoms with Gasteiger partial charge in [0.05, 0.1) is 45.4 Å². The molecule has 6 atom stereocenters. The highest BCUT2D eigenvalue weighted by atomic mass is 16.6. The van der Waals surface area contributed by atoms with Gasteiger partial charge >= 0.3 is 12.0 Å². The van der Waals surface area contributed by atoms with Crippen LogP contribution in [0.3, 0.4) is 0 Å². The Morgan fingerprint density at radius 1 is 0.875 bits per heavy atom. The normalized spacial score (nSPS) is 23.1. The van der Waals surface area contributed by atoms with Crippen molar-refractivity contribution in [2.24, 2.45) is 11.7 Å². The molecule has 4 aliphatic rings. The fourth-order valence-electron chi connectivity index (χ4n) is 10.1. The van der Waals surface area contributed by atoms with Crippen molar-refractivity contribution in [1.82, 2.24) is 15.1 Å². The first-order valence-electron chi connectivity index (χ1n) is 21.1. The van der Waals surface area contributed by atoms with Gasteiger partial charge in [-0.15, -0.1) is 0 Å². The van der Waals surface area contributed by atoms with Crippen LogP contribution in [-0.4, -0.2) is 85.3 Å². The molecular weight excluding hydrogens is 815 g/mol. The third-order valence-electron chi connectivity index (χ3n) is 12.7. The Bertz CT molecular complexity index is 2680. The number of nitrogens with two attached hydrogens (primary N) is 1. The summed E-state index contributed by atoms with van der Waals surface area (Å²) in [5.74, 6) is 4.67. The molecule has 2 fully saturated rings. The number of urea groups is 1. The first-order chi connectivity index (χ1) is 31.2. The van der Waals surface area contributed by atoms with E-state index in [2.05, 4.69) is 22.5 Å². The van der Waals surface area contributed by atoms with Crippen LogP contribution >= 0.6 is 0 Å². The molecule has 4 aliphatic heterocycles. The molecule has 326 valence electrons. The predicted molar refractivity (Wildman–Crippen MR) is 235 cm³/mol. The molecule has 0 aromatic heterocycles. The molecule has 14 heteroatoms. The van der Waals surface area contributed by atoms with Crippen molar-refractivity contribution in [2.45, 2.75) is 42.6 Å². The zero-order chi connectivity index (χ0) is 44.5. The van der Waals surface area contributed by atoms with E-state index in [-0.39, 0.29) is 26.3 Å². The van der Waals surface area contributed by atoms with Gasteiger partial charge in [0.2, 0.25) is 11.8 Å². The molecule has 0 aliphatic carbocycles. The second-order valence-electron chi connectivity index (χ2n) is 16.1. The number of nitrogens with one attached hydrogen (secondary N) is 2. The fourth-order valence-corrected chi connectivity index (χ4v) is 10.1. The van der Waals surface area contributed by atoms with E-state index in [0.29, 0.717) is 52.6 Å². The van der Waals surface area contributed by atoms with E-state index in [1.807, 2.05) is 89.8 Å². The minimum atomic E-state index is -1.77. The maximum Gasteiger partial charge on any atom is 0.324 e. The molecule has 4 heterocycles. The van der Waals surface area contributed by atoms with Crippen LogP contribution in [0.2, 0.25) is 0 Å². The van der Waals surface area contributed by atoms with Crippen molar-refractivity contribution in [3.8, 4) is 29.1 Å². The summed E-state index contributed by atoms with van der Waals surface area (Å²) < 4.78 is 23.8. The van der Waals surface area contributed by atoms with Gasteiger partial charge in [-0.25, -0.2) is 4.79 Å². The smallest absolute Gasteiger partial charge is 0.324 e. The lowest BCUT2D eigenvalue weighted by atomic mass is 9.64. The summed E-state index contributed by atoms with van der Waals surface area (Å²) in [4.78, 5) is 62.3. The number of carbonyl (C=O) groups excluding carboxylic acids is 4.